The van der Waals surface area contributed by atoms with E-state index >= 15 is 0 Å². The fraction of sp³-hybridized carbons (Fsp3) is 0.412. The van der Waals surface area contributed by atoms with E-state index in [1.54, 1.807) is 12.1 Å². The topological polar surface area (TPSA) is 85.9 Å². The van der Waals surface area contributed by atoms with E-state index in [4.69, 9.17) is 25.8 Å². The van der Waals surface area contributed by atoms with E-state index in [1.165, 1.54) is 21.3 Å². The van der Waals surface area contributed by atoms with E-state index in [0.29, 0.717) is 39.8 Å². The Labute approximate surface area is 151 Å². The zero-order valence-electron chi connectivity index (χ0n) is 14.6. The van der Waals surface area contributed by atoms with Gasteiger partial charge in [0.05, 0.1) is 38.0 Å². The lowest BCUT2D eigenvalue weighted by Crippen LogP contribution is -2.45. The Balaban J connectivity index is 2.61. The average Bonchev–Trinajstić information content (AvgIpc) is 2.60. The second kappa shape index (κ2) is 8.11. The first kappa shape index (κ1) is 18.9. The van der Waals surface area contributed by atoms with E-state index in [-0.39, 0.29) is 0 Å². The molecule has 0 radical (unpaired) electrons. The number of halogens is 1. The van der Waals surface area contributed by atoms with Crippen LogP contribution in [0.3, 0.4) is 0 Å². The number of hydrogen-bond acceptors (Lipinski definition) is 5. The molecule has 2 N–H and O–H groups in total. The van der Waals surface area contributed by atoms with Crippen LogP contribution in [0, 0.1) is 0 Å². The summed E-state index contributed by atoms with van der Waals surface area (Å²) in [7, 11) is 4.27. The van der Waals surface area contributed by atoms with E-state index in [0.717, 1.165) is 6.42 Å². The maximum Gasteiger partial charge on any atom is 0.337 e. The molecule has 1 atom stereocenters. The number of urea groups is 1. The summed E-state index contributed by atoms with van der Waals surface area (Å²) < 4.78 is 15.4. The molecule has 8 heteroatoms. The quantitative estimate of drug-likeness (QED) is 0.754. The van der Waals surface area contributed by atoms with Gasteiger partial charge in [0.1, 0.15) is 0 Å². The van der Waals surface area contributed by atoms with Crippen LogP contribution in [0.15, 0.2) is 23.4 Å². The van der Waals surface area contributed by atoms with Crippen molar-refractivity contribution < 1.29 is 23.8 Å². The molecule has 0 fully saturated rings. The number of amides is 2. The number of ether oxygens (including phenoxy) is 3. The number of esters is 1. The second-order valence-electron chi connectivity index (χ2n) is 5.40. The third kappa shape index (κ3) is 3.82. The van der Waals surface area contributed by atoms with Crippen molar-refractivity contribution in [2.24, 2.45) is 0 Å². The Morgan fingerprint density at radius 1 is 1.24 bits per heavy atom. The van der Waals surface area contributed by atoms with Crippen LogP contribution in [0.1, 0.15) is 31.4 Å². The number of allylic oxidation sites excluding steroid dienone is 1. The molecule has 0 aliphatic carbocycles. The van der Waals surface area contributed by atoms with Crippen molar-refractivity contribution in [3.05, 3.63) is 34.0 Å². The van der Waals surface area contributed by atoms with Gasteiger partial charge in [-0.1, -0.05) is 24.9 Å². The molecule has 1 aliphatic rings. The van der Waals surface area contributed by atoms with E-state index in [2.05, 4.69) is 10.6 Å². The SMILES string of the molecule is CCCC1=C(C(=O)OC)C(c2cc(Cl)c(OC)c(OC)c2)NC(=O)N1. The van der Waals surface area contributed by atoms with Gasteiger partial charge in [-0.3, -0.25) is 0 Å². The summed E-state index contributed by atoms with van der Waals surface area (Å²) in [6.07, 6.45) is 1.30. The van der Waals surface area contributed by atoms with Gasteiger partial charge in [-0.2, -0.15) is 0 Å². The lowest BCUT2D eigenvalue weighted by molar-refractivity contribution is -0.136. The standard InChI is InChI=1S/C17H21ClN2O5/c1-5-6-11-13(16(21)25-4)14(20-17(22)19-11)9-7-10(18)15(24-3)12(8-9)23-2/h7-8,14H,5-6H2,1-4H3,(H2,19,20,22). The highest BCUT2D eigenvalue weighted by atomic mass is 35.5. The molecule has 0 aromatic heterocycles. The Morgan fingerprint density at radius 2 is 1.96 bits per heavy atom. The zero-order chi connectivity index (χ0) is 18.6. The second-order valence-corrected chi connectivity index (χ2v) is 5.81. The maximum absolute atomic E-state index is 12.3. The first-order valence-electron chi connectivity index (χ1n) is 7.77. The fourth-order valence-electron chi connectivity index (χ4n) is 2.77. The fourth-order valence-corrected chi connectivity index (χ4v) is 3.07. The van der Waals surface area contributed by atoms with Crippen molar-refractivity contribution in [3.8, 4) is 11.5 Å². The van der Waals surface area contributed by atoms with Crippen molar-refractivity contribution in [3.63, 3.8) is 0 Å². The van der Waals surface area contributed by atoms with Crippen molar-refractivity contribution in [2.75, 3.05) is 21.3 Å². The van der Waals surface area contributed by atoms with Crippen LogP contribution in [0.5, 0.6) is 11.5 Å². The average molecular weight is 369 g/mol. The Kier molecular flexibility index (Phi) is 6.14. The van der Waals surface area contributed by atoms with Gasteiger partial charge in [0, 0.05) is 5.70 Å². The molecule has 2 amide bonds. The molecule has 0 spiro atoms. The van der Waals surface area contributed by atoms with Crippen molar-refractivity contribution in [1.82, 2.24) is 10.6 Å². The molecule has 0 saturated carbocycles. The maximum atomic E-state index is 12.3. The monoisotopic (exact) mass is 368 g/mol. The van der Waals surface area contributed by atoms with E-state index < -0.39 is 18.0 Å². The predicted octanol–water partition coefficient (Wildman–Crippen LogP) is 2.94. The van der Waals surface area contributed by atoms with Crippen LogP contribution in [0.2, 0.25) is 5.02 Å². The summed E-state index contributed by atoms with van der Waals surface area (Å²) >= 11 is 6.26. The molecule has 0 bridgehead atoms. The van der Waals surface area contributed by atoms with Gasteiger partial charge in [-0.15, -0.1) is 0 Å². The zero-order valence-corrected chi connectivity index (χ0v) is 15.3. The van der Waals surface area contributed by atoms with Crippen LogP contribution in [0.25, 0.3) is 0 Å². The number of carbonyl (C=O) groups is 2. The Morgan fingerprint density at radius 3 is 2.52 bits per heavy atom. The summed E-state index contributed by atoms with van der Waals surface area (Å²) in [6.45, 7) is 1.96. The van der Waals surface area contributed by atoms with Crippen LogP contribution in [-0.2, 0) is 9.53 Å². The van der Waals surface area contributed by atoms with Crippen molar-refractivity contribution >= 4 is 23.6 Å². The lowest BCUT2D eigenvalue weighted by atomic mass is 9.93. The molecule has 1 aromatic carbocycles. The predicted molar refractivity (Wildman–Crippen MR) is 92.9 cm³/mol. The molecule has 25 heavy (non-hydrogen) atoms. The number of methoxy groups -OCH3 is 3. The molecule has 2 rings (SSSR count). The molecule has 136 valence electrons. The third-order valence-corrected chi connectivity index (χ3v) is 4.13. The first-order valence-corrected chi connectivity index (χ1v) is 8.14. The molecule has 7 nitrogen and oxygen atoms in total. The minimum absolute atomic E-state index is 0.311. The van der Waals surface area contributed by atoms with Crippen LogP contribution < -0.4 is 20.1 Å². The molecule has 1 aromatic rings. The van der Waals surface area contributed by atoms with Crippen LogP contribution >= 0.6 is 11.6 Å². The minimum Gasteiger partial charge on any atom is -0.493 e. The number of benzene rings is 1. The molecule has 1 unspecified atom stereocenters. The summed E-state index contributed by atoms with van der Waals surface area (Å²) in [4.78, 5) is 24.4. The Bertz CT molecular complexity index is 717. The summed E-state index contributed by atoms with van der Waals surface area (Å²) in [6, 6.07) is 2.20. The molecule has 1 aliphatic heterocycles. The van der Waals surface area contributed by atoms with E-state index in [9.17, 15) is 9.59 Å². The number of nitrogens with one attached hydrogen (secondary N) is 2. The summed E-state index contributed by atoms with van der Waals surface area (Å²) in [5, 5.41) is 5.74. The van der Waals surface area contributed by atoms with Gasteiger partial charge in [0.15, 0.2) is 11.5 Å². The lowest BCUT2D eigenvalue weighted by Gasteiger charge is -2.29. The molecular formula is C17H21ClN2O5. The number of rotatable bonds is 6. The first-order chi connectivity index (χ1) is 12.0. The van der Waals surface area contributed by atoms with Gasteiger partial charge in [-0.25, -0.2) is 9.59 Å². The van der Waals surface area contributed by atoms with Gasteiger partial charge in [-0.05, 0) is 24.1 Å². The van der Waals surface area contributed by atoms with E-state index in [1.807, 2.05) is 6.92 Å². The van der Waals surface area contributed by atoms with Crippen LogP contribution in [-0.4, -0.2) is 33.3 Å². The number of carbonyl (C=O) groups excluding carboxylic acids is 2. The van der Waals surface area contributed by atoms with Crippen LogP contribution in [0.4, 0.5) is 4.79 Å². The third-order valence-electron chi connectivity index (χ3n) is 3.85. The van der Waals surface area contributed by atoms with Gasteiger partial charge < -0.3 is 24.8 Å². The van der Waals surface area contributed by atoms with Gasteiger partial charge in [0.25, 0.3) is 0 Å². The minimum atomic E-state index is -0.708. The van der Waals surface area contributed by atoms with Gasteiger partial charge >= 0.3 is 12.0 Å². The van der Waals surface area contributed by atoms with Crippen molar-refractivity contribution in [2.45, 2.75) is 25.8 Å². The normalized spacial score (nSPS) is 16.8. The summed E-state index contributed by atoms with van der Waals surface area (Å²) in [5.41, 5.74) is 1.47. The summed E-state index contributed by atoms with van der Waals surface area (Å²) in [5.74, 6) is 0.261. The molecule has 1 heterocycles. The van der Waals surface area contributed by atoms with Gasteiger partial charge in [0.2, 0.25) is 0 Å². The highest BCUT2D eigenvalue weighted by molar-refractivity contribution is 6.32. The Hall–Kier alpha value is -2.41. The van der Waals surface area contributed by atoms with Crippen molar-refractivity contribution in [1.29, 1.82) is 0 Å². The highest BCUT2D eigenvalue weighted by Gasteiger charge is 2.34. The number of hydrogen-bond donors (Lipinski definition) is 2. The highest BCUT2D eigenvalue weighted by Crippen LogP contribution is 2.40. The molecule has 0 saturated heterocycles. The molecular weight excluding hydrogens is 348 g/mol. The smallest absolute Gasteiger partial charge is 0.337 e. The largest absolute Gasteiger partial charge is 0.493 e.